The van der Waals surface area contributed by atoms with Crippen LogP contribution in [-0.4, -0.2) is 25.5 Å². The molecule has 0 bridgehead atoms. The maximum atomic E-state index is 13.0. The summed E-state index contributed by atoms with van der Waals surface area (Å²) in [5.41, 5.74) is 1.07. The van der Waals surface area contributed by atoms with Crippen molar-refractivity contribution in [1.29, 1.82) is 0 Å². The molecule has 0 radical (unpaired) electrons. The lowest BCUT2D eigenvalue weighted by Gasteiger charge is -2.06. The predicted octanol–water partition coefficient (Wildman–Crippen LogP) is 1.94. The second kappa shape index (κ2) is 4.53. The third kappa shape index (κ3) is 2.79. The van der Waals surface area contributed by atoms with E-state index in [-0.39, 0.29) is 12.7 Å². The maximum Gasteiger partial charge on any atom is 0.152 e. The van der Waals surface area contributed by atoms with Gasteiger partial charge in [-0.25, -0.2) is 4.39 Å². The van der Waals surface area contributed by atoms with Gasteiger partial charge in [-0.1, -0.05) is 30.3 Å². The van der Waals surface area contributed by atoms with Gasteiger partial charge < -0.3 is 9.47 Å². The smallest absolute Gasteiger partial charge is 0.152 e. The molecule has 1 heterocycles. The Kier molecular flexibility index (Phi) is 3.11. The van der Waals surface area contributed by atoms with E-state index in [1.165, 1.54) is 0 Å². The van der Waals surface area contributed by atoms with Crippen LogP contribution in [0.3, 0.4) is 0 Å². The van der Waals surface area contributed by atoms with Gasteiger partial charge in [-0.3, -0.25) is 0 Å². The lowest BCUT2D eigenvalue weighted by molar-refractivity contribution is 0.0580. The van der Waals surface area contributed by atoms with Crippen molar-refractivity contribution >= 4 is 0 Å². The Morgan fingerprint density at radius 2 is 2.14 bits per heavy atom. The van der Waals surface area contributed by atoms with Crippen LogP contribution in [0.1, 0.15) is 5.56 Å². The average molecular weight is 196 g/mol. The minimum absolute atomic E-state index is 0.125. The molecule has 76 valence electrons. The zero-order chi connectivity index (χ0) is 9.80. The fraction of sp³-hybridized carbons (Fsp3) is 0.455. The molecule has 1 fully saturated rings. The van der Waals surface area contributed by atoms with Crippen LogP contribution < -0.4 is 0 Å². The molecule has 0 saturated carbocycles. The molecule has 1 aliphatic rings. The Labute approximate surface area is 82.6 Å². The predicted molar refractivity (Wildman–Crippen MR) is 50.7 cm³/mol. The van der Waals surface area contributed by atoms with Crippen LogP contribution in [0.5, 0.6) is 0 Å². The van der Waals surface area contributed by atoms with Crippen molar-refractivity contribution in [3.05, 3.63) is 35.9 Å². The maximum absolute atomic E-state index is 13.0. The Morgan fingerprint density at radius 1 is 1.43 bits per heavy atom. The van der Waals surface area contributed by atoms with E-state index in [0.717, 1.165) is 5.56 Å². The summed E-state index contributed by atoms with van der Waals surface area (Å²) in [6.07, 6.45) is -1.19. The Morgan fingerprint density at radius 3 is 2.79 bits per heavy atom. The second-order valence-electron chi connectivity index (χ2n) is 3.39. The van der Waals surface area contributed by atoms with E-state index < -0.39 is 6.17 Å². The molecular formula is C11H13FO2. The molecular weight excluding hydrogens is 183 g/mol. The first-order valence-electron chi connectivity index (χ1n) is 4.73. The minimum Gasteiger partial charge on any atom is -0.374 e. The first kappa shape index (κ1) is 9.62. The third-order valence-electron chi connectivity index (χ3n) is 2.15. The summed E-state index contributed by atoms with van der Waals surface area (Å²) in [6.45, 7) is 1.13. The van der Waals surface area contributed by atoms with E-state index in [1.54, 1.807) is 0 Å². The number of halogens is 1. The van der Waals surface area contributed by atoms with Gasteiger partial charge in [-0.2, -0.15) is 0 Å². The molecule has 14 heavy (non-hydrogen) atoms. The van der Waals surface area contributed by atoms with E-state index in [2.05, 4.69) is 0 Å². The summed E-state index contributed by atoms with van der Waals surface area (Å²) in [6, 6.07) is 9.74. The number of benzene rings is 1. The summed E-state index contributed by atoms with van der Waals surface area (Å²) in [5, 5.41) is 0. The summed E-state index contributed by atoms with van der Waals surface area (Å²) in [5.74, 6) is 0. The number of alkyl halides is 1. The van der Waals surface area contributed by atoms with Gasteiger partial charge in [0.2, 0.25) is 0 Å². The van der Waals surface area contributed by atoms with Gasteiger partial charge in [-0.05, 0) is 5.56 Å². The molecule has 1 aromatic carbocycles. The summed E-state index contributed by atoms with van der Waals surface area (Å²) < 4.78 is 23.1. The summed E-state index contributed by atoms with van der Waals surface area (Å²) >= 11 is 0. The van der Waals surface area contributed by atoms with E-state index in [9.17, 15) is 4.39 Å². The SMILES string of the molecule is FC(COCc1ccccc1)C1CO1. The first-order valence-corrected chi connectivity index (χ1v) is 4.73. The van der Waals surface area contributed by atoms with Crippen molar-refractivity contribution in [3.63, 3.8) is 0 Å². The van der Waals surface area contributed by atoms with Gasteiger partial charge >= 0.3 is 0 Å². The van der Waals surface area contributed by atoms with E-state index >= 15 is 0 Å². The molecule has 2 atom stereocenters. The number of hydrogen-bond acceptors (Lipinski definition) is 2. The van der Waals surface area contributed by atoms with Crippen LogP contribution in [0.25, 0.3) is 0 Å². The normalized spacial score (nSPS) is 21.9. The Balaban J connectivity index is 1.67. The van der Waals surface area contributed by atoms with Crippen LogP contribution in [0, 0.1) is 0 Å². The molecule has 3 heteroatoms. The lowest BCUT2D eigenvalue weighted by atomic mass is 10.2. The van der Waals surface area contributed by atoms with Gasteiger partial charge in [0.25, 0.3) is 0 Å². The van der Waals surface area contributed by atoms with Crippen molar-refractivity contribution in [3.8, 4) is 0 Å². The van der Waals surface area contributed by atoms with Crippen molar-refractivity contribution in [2.75, 3.05) is 13.2 Å². The Bertz CT molecular complexity index is 272. The highest BCUT2D eigenvalue weighted by Gasteiger charge is 2.32. The van der Waals surface area contributed by atoms with Crippen molar-refractivity contribution in [2.45, 2.75) is 18.9 Å². The zero-order valence-corrected chi connectivity index (χ0v) is 7.86. The molecule has 0 aromatic heterocycles. The molecule has 1 saturated heterocycles. The van der Waals surface area contributed by atoms with Crippen molar-refractivity contribution < 1.29 is 13.9 Å². The molecule has 2 rings (SSSR count). The largest absolute Gasteiger partial charge is 0.374 e. The monoisotopic (exact) mass is 196 g/mol. The van der Waals surface area contributed by atoms with Gasteiger partial charge in [0.1, 0.15) is 6.10 Å². The van der Waals surface area contributed by atoms with Crippen molar-refractivity contribution in [1.82, 2.24) is 0 Å². The molecule has 0 N–H and O–H groups in total. The van der Waals surface area contributed by atoms with Crippen molar-refractivity contribution in [2.24, 2.45) is 0 Å². The highest BCUT2D eigenvalue weighted by Crippen LogP contribution is 2.17. The zero-order valence-electron chi connectivity index (χ0n) is 7.86. The number of rotatable bonds is 5. The first-order chi connectivity index (χ1) is 6.86. The number of ether oxygens (including phenoxy) is 2. The lowest BCUT2D eigenvalue weighted by Crippen LogP contribution is -2.16. The fourth-order valence-corrected chi connectivity index (χ4v) is 1.24. The molecule has 2 unspecified atom stereocenters. The Hall–Kier alpha value is -0.930. The van der Waals surface area contributed by atoms with Crippen LogP contribution >= 0.6 is 0 Å². The number of hydrogen-bond donors (Lipinski definition) is 0. The van der Waals surface area contributed by atoms with E-state index in [1.807, 2.05) is 30.3 Å². The van der Waals surface area contributed by atoms with Crippen LogP contribution in [0.2, 0.25) is 0 Å². The molecule has 0 amide bonds. The molecule has 0 spiro atoms. The summed E-state index contributed by atoms with van der Waals surface area (Å²) in [4.78, 5) is 0. The quantitative estimate of drug-likeness (QED) is 0.671. The van der Waals surface area contributed by atoms with E-state index in [4.69, 9.17) is 9.47 Å². The molecule has 2 nitrogen and oxygen atoms in total. The summed E-state index contributed by atoms with van der Waals surface area (Å²) in [7, 11) is 0. The molecule has 1 aliphatic heterocycles. The third-order valence-corrected chi connectivity index (χ3v) is 2.15. The standard InChI is InChI=1S/C11H13FO2/c12-10(11-8-14-11)7-13-6-9-4-2-1-3-5-9/h1-5,10-11H,6-8H2. The van der Waals surface area contributed by atoms with Gasteiger partial charge in [0.05, 0.1) is 19.8 Å². The number of epoxide rings is 1. The average Bonchev–Trinajstić information content (AvgIpc) is 3.02. The molecule has 1 aromatic rings. The topological polar surface area (TPSA) is 21.8 Å². The van der Waals surface area contributed by atoms with E-state index in [0.29, 0.717) is 13.2 Å². The van der Waals surface area contributed by atoms with Gasteiger partial charge in [-0.15, -0.1) is 0 Å². The van der Waals surface area contributed by atoms with Crippen LogP contribution in [0.15, 0.2) is 30.3 Å². The van der Waals surface area contributed by atoms with Gasteiger partial charge in [0.15, 0.2) is 6.17 Å². The highest BCUT2D eigenvalue weighted by molar-refractivity contribution is 5.13. The molecule has 0 aliphatic carbocycles. The van der Waals surface area contributed by atoms with Gasteiger partial charge in [0, 0.05) is 0 Å². The highest BCUT2D eigenvalue weighted by atomic mass is 19.1. The minimum atomic E-state index is -0.973. The van der Waals surface area contributed by atoms with Crippen LogP contribution in [-0.2, 0) is 16.1 Å². The second-order valence-corrected chi connectivity index (χ2v) is 3.39. The van der Waals surface area contributed by atoms with Crippen LogP contribution in [0.4, 0.5) is 4.39 Å². The fourth-order valence-electron chi connectivity index (χ4n) is 1.24.